The zero-order chi connectivity index (χ0) is 29.8. The van der Waals surface area contributed by atoms with Gasteiger partial charge in [0.15, 0.2) is 5.75 Å². The van der Waals surface area contributed by atoms with Gasteiger partial charge in [0.25, 0.3) is 17.7 Å². The third-order valence-corrected chi connectivity index (χ3v) is 6.13. The molecule has 15 nitrogen and oxygen atoms in total. The van der Waals surface area contributed by atoms with Crippen molar-refractivity contribution in [2.45, 2.75) is 38.6 Å². The number of hydrogen-bond donors (Lipinski definition) is 3. The van der Waals surface area contributed by atoms with E-state index in [0.717, 1.165) is 9.96 Å². The second kappa shape index (κ2) is 15.6. The molecule has 1 saturated heterocycles. The lowest BCUT2D eigenvalue weighted by molar-refractivity contribution is -0.155. The Kier molecular flexibility index (Phi) is 12.0. The summed E-state index contributed by atoms with van der Waals surface area (Å²) in [6.07, 6.45) is -0.0542. The molecule has 1 aromatic rings. The highest BCUT2D eigenvalue weighted by Gasteiger charge is 2.46. The molecule has 1 atom stereocenters. The minimum Gasteiger partial charge on any atom is -0.465 e. The van der Waals surface area contributed by atoms with Gasteiger partial charge in [0.05, 0.1) is 44.1 Å². The lowest BCUT2D eigenvalue weighted by Crippen LogP contribution is -2.54. The molecule has 1 aromatic carbocycles. The van der Waals surface area contributed by atoms with Crippen molar-refractivity contribution in [3.05, 3.63) is 29.3 Å². The molecule has 1 fully saturated rings. The number of nitrogens with one attached hydrogen (secondary N) is 2. The van der Waals surface area contributed by atoms with Crippen LogP contribution in [0.3, 0.4) is 0 Å². The van der Waals surface area contributed by atoms with Crippen LogP contribution < -0.4 is 15.5 Å². The predicted octanol–water partition coefficient (Wildman–Crippen LogP) is 0.328. The first kappa shape index (κ1) is 31.4. The normalized spacial score (nSPS) is 16.4. The number of carbonyl (C=O) groups excluding carboxylic acids is 5. The Labute approximate surface area is 236 Å². The Morgan fingerprint density at radius 2 is 1.66 bits per heavy atom. The van der Waals surface area contributed by atoms with Crippen LogP contribution in [0, 0.1) is 0 Å². The van der Waals surface area contributed by atoms with E-state index >= 15 is 0 Å². The molecule has 224 valence electrons. The Balaban J connectivity index is 1.40. The fraction of sp³-hybridized carbons (Fsp3) is 0.538. The van der Waals surface area contributed by atoms with Gasteiger partial charge in [-0.3, -0.25) is 34.2 Å². The molecule has 41 heavy (non-hydrogen) atoms. The van der Waals surface area contributed by atoms with Crippen molar-refractivity contribution in [1.82, 2.24) is 20.6 Å². The fourth-order valence-corrected chi connectivity index (χ4v) is 4.17. The first-order valence-electron chi connectivity index (χ1n) is 13.2. The van der Waals surface area contributed by atoms with Crippen molar-refractivity contribution in [1.29, 1.82) is 0 Å². The molecule has 0 aliphatic carbocycles. The summed E-state index contributed by atoms with van der Waals surface area (Å²) in [6, 6.07) is 3.29. The first-order valence-corrected chi connectivity index (χ1v) is 13.2. The van der Waals surface area contributed by atoms with E-state index in [-0.39, 0.29) is 36.3 Å². The molecular formula is C26H34N4O11. The Hall–Kier alpha value is -4.08. The number of imide groups is 2. The van der Waals surface area contributed by atoms with Crippen LogP contribution in [0.4, 0.5) is 4.79 Å². The van der Waals surface area contributed by atoms with Crippen molar-refractivity contribution in [2.75, 3.05) is 52.7 Å². The highest BCUT2D eigenvalue weighted by Crippen LogP contribution is 2.34. The molecule has 3 rings (SSSR count). The molecule has 0 saturated carbocycles. The topological polar surface area (TPSA) is 190 Å². The second-order valence-corrected chi connectivity index (χ2v) is 9.11. The third-order valence-electron chi connectivity index (χ3n) is 6.13. The lowest BCUT2D eigenvalue weighted by atomic mass is 10.0. The van der Waals surface area contributed by atoms with Crippen molar-refractivity contribution >= 4 is 35.6 Å². The van der Waals surface area contributed by atoms with Crippen LogP contribution in [0.5, 0.6) is 5.75 Å². The van der Waals surface area contributed by atoms with E-state index in [1.807, 2.05) is 0 Å². The van der Waals surface area contributed by atoms with E-state index in [4.69, 9.17) is 24.2 Å². The summed E-state index contributed by atoms with van der Waals surface area (Å²) in [5.41, 5.74) is -0.00705. The average molecular weight is 579 g/mol. The molecule has 2 aliphatic heterocycles. The molecule has 0 radical (unpaired) electrons. The highest BCUT2D eigenvalue weighted by molar-refractivity contribution is 6.24. The van der Waals surface area contributed by atoms with Gasteiger partial charge < -0.3 is 29.5 Å². The molecule has 2 aliphatic rings. The zero-order valence-electron chi connectivity index (χ0n) is 22.7. The van der Waals surface area contributed by atoms with Crippen LogP contribution >= 0.6 is 0 Å². The molecular weight excluding hydrogens is 544 g/mol. The quantitative estimate of drug-likeness (QED) is 0.131. The maximum absolute atomic E-state index is 13.2. The van der Waals surface area contributed by atoms with Gasteiger partial charge in [0.2, 0.25) is 11.8 Å². The van der Waals surface area contributed by atoms with Gasteiger partial charge in [-0.2, -0.15) is 5.06 Å². The van der Waals surface area contributed by atoms with Crippen LogP contribution in [0.1, 0.15) is 53.3 Å². The van der Waals surface area contributed by atoms with E-state index in [0.29, 0.717) is 59.0 Å². The van der Waals surface area contributed by atoms with E-state index in [1.54, 1.807) is 0 Å². The number of fused-ring (bicyclic) bond motifs is 1. The summed E-state index contributed by atoms with van der Waals surface area (Å²) in [5.74, 6) is -3.02. The summed E-state index contributed by atoms with van der Waals surface area (Å²) in [5, 5.41) is 13.9. The Bertz CT molecular complexity index is 1140. The molecule has 1 unspecified atom stereocenters. The van der Waals surface area contributed by atoms with Crippen LogP contribution in [-0.2, 0) is 28.6 Å². The van der Waals surface area contributed by atoms with Gasteiger partial charge in [-0.1, -0.05) is 6.07 Å². The minimum absolute atomic E-state index is 0.000491. The van der Waals surface area contributed by atoms with Crippen LogP contribution in [-0.4, -0.2) is 109 Å². The summed E-state index contributed by atoms with van der Waals surface area (Å²) in [4.78, 5) is 79.1. The van der Waals surface area contributed by atoms with Crippen LogP contribution in [0.2, 0.25) is 0 Å². The van der Waals surface area contributed by atoms with Crippen molar-refractivity contribution in [3.63, 3.8) is 0 Å². The number of piperidine rings is 1. The molecule has 6 amide bonds. The highest BCUT2D eigenvalue weighted by atomic mass is 16.7. The van der Waals surface area contributed by atoms with E-state index in [2.05, 4.69) is 10.6 Å². The molecule has 0 bridgehead atoms. The van der Waals surface area contributed by atoms with Crippen molar-refractivity contribution < 1.29 is 52.9 Å². The molecule has 0 spiro atoms. The average Bonchev–Trinajstić information content (AvgIpc) is 3.18. The SMILES string of the molecule is CC(=O)N(CCCOCCOCCOCCCNC(=O)O)Oc1cccc2c1C(=O)N(C1CCC(=O)NC1=O)C2=O. The standard InChI is InChI=1S/C26H34N4O11/c1-17(31)29(10-4-12-39-14-16-40-15-13-38-11-3-9-27-26(36)37)41-20-6-2-5-18-22(20)25(35)30(24(18)34)19-7-8-21(32)28-23(19)33/h2,5-6,19,27H,3-4,7-16H2,1H3,(H,36,37)(H,28,32,33). The fourth-order valence-electron chi connectivity index (χ4n) is 4.17. The number of carbonyl (C=O) groups is 6. The zero-order valence-corrected chi connectivity index (χ0v) is 22.7. The van der Waals surface area contributed by atoms with Gasteiger partial charge in [0, 0.05) is 33.1 Å². The summed E-state index contributed by atoms with van der Waals surface area (Å²) >= 11 is 0. The number of benzene rings is 1. The van der Waals surface area contributed by atoms with Crippen LogP contribution in [0.15, 0.2) is 18.2 Å². The number of hydrogen-bond acceptors (Lipinski definition) is 10. The van der Waals surface area contributed by atoms with E-state index in [9.17, 15) is 28.8 Å². The maximum atomic E-state index is 13.2. The number of ether oxygens (including phenoxy) is 3. The summed E-state index contributed by atoms with van der Waals surface area (Å²) < 4.78 is 16.2. The van der Waals surface area contributed by atoms with Crippen molar-refractivity contribution in [3.8, 4) is 5.75 Å². The van der Waals surface area contributed by atoms with Gasteiger partial charge in [-0.15, -0.1) is 0 Å². The Morgan fingerprint density at radius 3 is 2.29 bits per heavy atom. The van der Waals surface area contributed by atoms with Gasteiger partial charge in [-0.25, -0.2) is 4.79 Å². The number of amides is 6. The molecule has 15 heteroatoms. The Morgan fingerprint density at radius 1 is 1.00 bits per heavy atom. The summed E-state index contributed by atoms with van der Waals surface area (Å²) in [7, 11) is 0. The summed E-state index contributed by atoms with van der Waals surface area (Å²) in [6.45, 7) is 3.89. The first-order chi connectivity index (χ1) is 19.7. The number of rotatable bonds is 17. The lowest BCUT2D eigenvalue weighted by Gasteiger charge is -2.28. The molecule has 3 N–H and O–H groups in total. The molecule has 0 aromatic heterocycles. The number of carboxylic acid groups (broad SMARTS) is 1. The van der Waals surface area contributed by atoms with Gasteiger partial charge >= 0.3 is 6.09 Å². The molecule has 2 heterocycles. The second-order valence-electron chi connectivity index (χ2n) is 9.11. The van der Waals surface area contributed by atoms with E-state index in [1.165, 1.54) is 25.1 Å². The minimum atomic E-state index is -1.11. The van der Waals surface area contributed by atoms with E-state index < -0.39 is 41.7 Å². The van der Waals surface area contributed by atoms with Gasteiger partial charge in [-0.05, 0) is 31.4 Å². The van der Waals surface area contributed by atoms with Crippen molar-refractivity contribution in [2.24, 2.45) is 0 Å². The third kappa shape index (κ3) is 8.96. The maximum Gasteiger partial charge on any atom is 0.404 e. The number of hydroxylamine groups is 2. The van der Waals surface area contributed by atoms with Gasteiger partial charge in [0.1, 0.15) is 6.04 Å². The largest absolute Gasteiger partial charge is 0.465 e. The monoisotopic (exact) mass is 578 g/mol. The number of nitrogens with zero attached hydrogens (tertiary/aromatic N) is 2. The predicted molar refractivity (Wildman–Crippen MR) is 139 cm³/mol. The smallest absolute Gasteiger partial charge is 0.404 e. The van der Waals surface area contributed by atoms with Crippen LogP contribution in [0.25, 0.3) is 0 Å².